The van der Waals surface area contributed by atoms with Crippen LogP contribution in [0.15, 0.2) is 12.2 Å². The molecule has 0 saturated carbocycles. The molecule has 0 radical (unpaired) electrons. The quantitative estimate of drug-likeness (QED) is 0.619. The van der Waals surface area contributed by atoms with Gasteiger partial charge < -0.3 is 10.4 Å². The second-order valence-electron chi connectivity index (χ2n) is 3.33. The van der Waals surface area contributed by atoms with E-state index >= 15 is 0 Å². The summed E-state index contributed by atoms with van der Waals surface area (Å²) in [5.41, 5.74) is 0. The molecule has 2 N–H and O–H groups in total. The number of hydrogen-bond donors (Lipinski definition) is 2. The van der Waals surface area contributed by atoms with Crippen molar-refractivity contribution in [3.63, 3.8) is 0 Å². The van der Waals surface area contributed by atoms with Crippen LogP contribution < -0.4 is 5.32 Å². The first-order chi connectivity index (χ1) is 6.11. The van der Waals surface area contributed by atoms with E-state index in [1.807, 2.05) is 13.0 Å². The van der Waals surface area contributed by atoms with Crippen molar-refractivity contribution in [1.29, 1.82) is 0 Å². The summed E-state index contributed by atoms with van der Waals surface area (Å²) >= 11 is 0. The summed E-state index contributed by atoms with van der Waals surface area (Å²) < 4.78 is 0. The van der Waals surface area contributed by atoms with Gasteiger partial charge in [-0.2, -0.15) is 0 Å². The number of nitrogens with one attached hydrogen (secondary N) is 1. The van der Waals surface area contributed by atoms with Crippen LogP contribution in [0.3, 0.4) is 0 Å². The Morgan fingerprint density at radius 3 is 2.62 bits per heavy atom. The maximum atomic E-state index is 10.7. The topological polar surface area (TPSA) is 49.3 Å². The Kier molecular flexibility index (Phi) is 6.24. The van der Waals surface area contributed by atoms with Gasteiger partial charge in [0.25, 0.3) is 0 Å². The van der Waals surface area contributed by atoms with Gasteiger partial charge in [-0.3, -0.25) is 4.79 Å². The second kappa shape index (κ2) is 6.66. The van der Waals surface area contributed by atoms with Crippen LogP contribution in [0.2, 0.25) is 0 Å². The van der Waals surface area contributed by atoms with Gasteiger partial charge in [0.1, 0.15) is 6.04 Å². The van der Waals surface area contributed by atoms with Crippen LogP contribution in [0, 0.1) is 5.92 Å². The van der Waals surface area contributed by atoms with E-state index in [1.54, 1.807) is 7.05 Å². The van der Waals surface area contributed by atoms with Gasteiger partial charge in [0.15, 0.2) is 0 Å². The van der Waals surface area contributed by atoms with Crippen LogP contribution in [-0.2, 0) is 4.79 Å². The van der Waals surface area contributed by atoms with Gasteiger partial charge in [0.05, 0.1) is 0 Å². The maximum absolute atomic E-state index is 10.7. The molecule has 0 saturated heterocycles. The minimum absolute atomic E-state index is 0.407. The van der Waals surface area contributed by atoms with Crippen molar-refractivity contribution in [1.82, 2.24) is 5.32 Å². The Hall–Kier alpha value is -0.830. The zero-order valence-corrected chi connectivity index (χ0v) is 8.58. The molecule has 0 aliphatic rings. The molecule has 0 aliphatic heterocycles. The molecule has 0 aliphatic carbocycles. The first kappa shape index (κ1) is 12.2. The maximum Gasteiger partial charge on any atom is 0.320 e. The van der Waals surface area contributed by atoms with E-state index in [1.165, 1.54) is 0 Å². The standard InChI is InChI=1S/C10H19NO2/c1-4-5-6-8(2)7-9(11-3)10(12)13/h4-5,8-9,11H,6-7H2,1-3H3,(H,12,13)/b5-4+/t8-,9?/m1/s1. The Balaban J connectivity index is 3.86. The van der Waals surface area contributed by atoms with E-state index in [0.717, 1.165) is 6.42 Å². The number of allylic oxidation sites excluding steroid dienone is 2. The van der Waals surface area contributed by atoms with E-state index in [4.69, 9.17) is 5.11 Å². The third-order valence-electron chi connectivity index (χ3n) is 2.06. The summed E-state index contributed by atoms with van der Waals surface area (Å²) in [6, 6.07) is -0.416. The average molecular weight is 185 g/mol. The number of aliphatic carboxylic acids is 1. The molecule has 0 aromatic carbocycles. The lowest BCUT2D eigenvalue weighted by Crippen LogP contribution is -2.35. The summed E-state index contributed by atoms with van der Waals surface area (Å²) in [6.45, 7) is 4.03. The molecule has 0 spiro atoms. The molecule has 0 rings (SSSR count). The zero-order chi connectivity index (χ0) is 10.3. The number of hydrogen-bond acceptors (Lipinski definition) is 2. The van der Waals surface area contributed by atoms with Crippen molar-refractivity contribution in [2.45, 2.75) is 32.7 Å². The van der Waals surface area contributed by atoms with Crippen LogP contribution in [0.5, 0.6) is 0 Å². The average Bonchev–Trinajstić information content (AvgIpc) is 2.10. The largest absolute Gasteiger partial charge is 0.480 e. The van der Waals surface area contributed by atoms with Gasteiger partial charge in [0, 0.05) is 0 Å². The first-order valence-electron chi connectivity index (χ1n) is 4.63. The molecule has 0 fully saturated rings. The van der Waals surface area contributed by atoms with Crippen molar-refractivity contribution < 1.29 is 9.90 Å². The molecule has 0 heterocycles. The minimum atomic E-state index is -0.769. The summed E-state index contributed by atoms with van der Waals surface area (Å²) in [5.74, 6) is -0.362. The molecular formula is C10H19NO2. The second-order valence-corrected chi connectivity index (χ2v) is 3.33. The Bertz CT molecular complexity index is 178. The van der Waals surface area contributed by atoms with Crippen LogP contribution in [0.4, 0.5) is 0 Å². The van der Waals surface area contributed by atoms with Crippen molar-refractivity contribution in [3.05, 3.63) is 12.2 Å². The fourth-order valence-electron chi connectivity index (χ4n) is 1.21. The number of carboxylic acid groups (broad SMARTS) is 1. The normalized spacial score (nSPS) is 15.9. The first-order valence-corrected chi connectivity index (χ1v) is 4.63. The van der Waals surface area contributed by atoms with Crippen LogP contribution in [-0.4, -0.2) is 24.2 Å². The fourth-order valence-corrected chi connectivity index (χ4v) is 1.21. The highest BCUT2D eigenvalue weighted by atomic mass is 16.4. The minimum Gasteiger partial charge on any atom is -0.480 e. The molecule has 76 valence electrons. The third-order valence-corrected chi connectivity index (χ3v) is 2.06. The molecule has 1 unspecified atom stereocenters. The van der Waals surface area contributed by atoms with Gasteiger partial charge in [-0.1, -0.05) is 19.1 Å². The molecule has 0 bridgehead atoms. The summed E-state index contributed by atoms with van der Waals surface area (Å²) in [6.07, 6.45) is 5.68. The number of carbonyl (C=O) groups is 1. The number of rotatable bonds is 6. The summed E-state index contributed by atoms with van der Waals surface area (Å²) in [7, 11) is 1.68. The molecule has 0 aromatic heterocycles. The lowest BCUT2D eigenvalue weighted by molar-refractivity contribution is -0.139. The van der Waals surface area contributed by atoms with E-state index in [-0.39, 0.29) is 0 Å². The van der Waals surface area contributed by atoms with E-state index in [2.05, 4.69) is 18.3 Å². The SMILES string of the molecule is C/C=C/C[C@@H](C)CC(NC)C(=O)O. The highest BCUT2D eigenvalue weighted by Gasteiger charge is 2.17. The zero-order valence-electron chi connectivity index (χ0n) is 8.58. The van der Waals surface area contributed by atoms with Crippen molar-refractivity contribution >= 4 is 5.97 Å². The van der Waals surface area contributed by atoms with E-state index in [0.29, 0.717) is 12.3 Å². The molecule has 3 nitrogen and oxygen atoms in total. The molecule has 2 atom stereocenters. The van der Waals surface area contributed by atoms with Gasteiger partial charge in [-0.25, -0.2) is 0 Å². The lowest BCUT2D eigenvalue weighted by atomic mass is 9.98. The van der Waals surface area contributed by atoms with Crippen molar-refractivity contribution in [2.24, 2.45) is 5.92 Å². The van der Waals surface area contributed by atoms with Gasteiger partial charge >= 0.3 is 5.97 Å². The molecule has 0 amide bonds. The van der Waals surface area contributed by atoms with Crippen LogP contribution in [0.1, 0.15) is 26.7 Å². The van der Waals surface area contributed by atoms with Crippen molar-refractivity contribution in [2.75, 3.05) is 7.05 Å². The predicted octanol–water partition coefficient (Wildman–Crippen LogP) is 1.65. The molecular weight excluding hydrogens is 166 g/mol. The number of carboxylic acids is 1. The summed E-state index contributed by atoms with van der Waals surface area (Å²) in [5, 5.41) is 11.6. The fraction of sp³-hybridized carbons (Fsp3) is 0.700. The monoisotopic (exact) mass is 185 g/mol. The van der Waals surface area contributed by atoms with Gasteiger partial charge in [-0.05, 0) is 32.7 Å². The summed E-state index contributed by atoms with van der Waals surface area (Å²) in [4.78, 5) is 10.7. The van der Waals surface area contributed by atoms with Crippen molar-refractivity contribution in [3.8, 4) is 0 Å². The lowest BCUT2D eigenvalue weighted by Gasteiger charge is -2.15. The molecule has 3 heteroatoms. The van der Waals surface area contributed by atoms with Crippen LogP contribution >= 0.6 is 0 Å². The van der Waals surface area contributed by atoms with Gasteiger partial charge in [-0.15, -0.1) is 0 Å². The van der Waals surface area contributed by atoms with Gasteiger partial charge in [0.2, 0.25) is 0 Å². The molecule has 0 aromatic rings. The van der Waals surface area contributed by atoms with Crippen LogP contribution in [0.25, 0.3) is 0 Å². The molecule has 13 heavy (non-hydrogen) atoms. The van der Waals surface area contributed by atoms with E-state index in [9.17, 15) is 4.79 Å². The highest BCUT2D eigenvalue weighted by Crippen LogP contribution is 2.11. The third kappa shape index (κ3) is 5.42. The Morgan fingerprint density at radius 2 is 2.23 bits per heavy atom. The predicted molar refractivity (Wildman–Crippen MR) is 53.7 cm³/mol. The highest BCUT2D eigenvalue weighted by molar-refractivity contribution is 5.73. The Morgan fingerprint density at radius 1 is 1.62 bits per heavy atom. The Labute approximate surface area is 79.8 Å². The smallest absolute Gasteiger partial charge is 0.320 e. The number of likely N-dealkylation sites (N-methyl/N-ethyl adjacent to an activating group) is 1. The van der Waals surface area contributed by atoms with E-state index < -0.39 is 12.0 Å².